The molecule has 0 amide bonds. The van der Waals surface area contributed by atoms with Gasteiger partial charge in [-0.05, 0) is 36.3 Å². The molecule has 0 saturated heterocycles. The van der Waals surface area contributed by atoms with Gasteiger partial charge >= 0.3 is 0 Å². The largest absolute Gasteiger partial charge is 0.390 e. The fraction of sp³-hybridized carbons (Fsp3) is 0.474. The molecule has 0 radical (unpaired) electrons. The van der Waals surface area contributed by atoms with Crippen molar-refractivity contribution in [2.24, 2.45) is 0 Å². The molecular weight excluding hydrogens is 382 g/mol. The molecule has 8 heteroatoms. The second-order valence-electron chi connectivity index (χ2n) is 6.11. The molecule has 1 aromatic rings. The van der Waals surface area contributed by atoms with Gasteiger partial charge in [0.2, 0.25) is 0 Å². The van der Waals surface area contributed by atoms with E-state index in [-0.39, 0.29) is 18.0 Å². The Kier molecular flexibility index (Phi) is 10.7. The van der Waals surface area contributed by atoms with Crippen molar-refractivity contribution in [3.63, 3.8) is 0 Å². The van der Waals surface area contributed by atoms with Crippen LogP contribution in [-0.2, 0) is 10.0 Å². The zero-order valence-electron chi connectivity index (χ0n) is 16.3. The van der Waals surface area contributed by atoms with Crippen LogP contribution >= 0.6 is 11.8 Å². The summed E-state index contributed by atoms with van der Waals surface area (Å²) in [6.07, 6.45) is 4.53. The minimum Gasteiger partial charge on any atom is -0.390 e. The standard InChI is InChI=1S/C19H31N3O3S2/c1-5-7-13-21(3)22(27(24,25)19-11-9-8-10-12-19)15-18(23)14-20-17(6-2)16-26-4/h6,8-12,16,18,20,23H,2,5,7,13-15H2,1,3-4H3/b17-16+. The Morgan fingerprint density at radius 1 is 1.37 bits per heavy atom. The van der Waals surface area contributed by atoms with Gasteiger partial charge in [0.25, 0.3) is 10.0 Å². The van der Waals surface area contributed by atoms with Crippen molar-refractivity contribution in [1.29, 1.82) is 0 Å². The van der Waals surface area contributed by atoms with Crippen LogP contribution in [0.25, 0.3) is 0 Å². The summed E-state index contributed by atoms with van der Waals surface area (Å²) in [4.78, 5) is 0.211. The highest BCUT2D eigenvalue weighted by atomic mass is 32.2. The summed E-state index contributed by atoms with van der Waals surface area (Å²) >= 11 is 1.52. The first-order valence-corrected chi connectivity index (χ1v) is 11.7. The third-order valence-electron chi connectivity index (χ3n) is 3.91. The number of aliphatic hydroxyl groups excluding tert-OH is 1. The lowest BCUT2D eigenvalue weighted by molar-refractivity contribution is 0.0392. The predicted octanol–water partition coefficient (Wildman–Crippen LogP) is 2.67. The van der Waals surface area contributed by atoms with Gasteiger partial charge in [-0.1, -0.05) is 38.1 Å². The number of hydrazine groups is 1. The summed E-state index contributed by atoms with van der Waals surface area (Å²) in [6.45, 7) is 6.55. The number of allylic oxidation sites excluding steroid dienone is 1. The average Bonchev–Trinajstić information content (AvgIpc) is 2.67. The van der Waals surface area contributed by atoms with E-state index in [1.54, 1.807) is 48.5 Å². The average molecular weight is 414 g/mol. The summed E-state index contributed by atoms with van der Waals surface area (Å²) in [5.41, 5.74) is 0.790. The fourth-order valence-corrected chi connectivity index (χ4v) is 4.40. The molecule has 0 aromatic heterocycles. The highest BCUT2D eigenvalue weighted by molar-refractivity contribution is 8.01. The summed E-state index contributed by atoms with van der Waals surface area (Å²) in [7, 11) is -2.01. The van der Waals surface area contributed by atoms with Gasteiger partial charge in [0.05, 0.1) is 17.5 Å². The smallest absolute Gasteiger partial charge is 0.256 e. The molecule has 0 fully saturated rings. The Labute approximate surface area is 168 Å². The number of nitrogens with one attached hydrogen (secondary N) is 1. The molecule has 1 rings (SSSR count). The van der Waals surface area contributed by atoms with Gasteiger partial charge < -0.3 is 10.4 Å². The lowest BCUT2D eigenvalue weighted by Gasteiger charge is -2.32. The van der Waals surface area contributed by atoms with Crippen LogP contribution in [0.2, 0.25) is 0 Å². The van der Waals surface area contributed by atoms with Gasteiger partial charge in [0.1, 0.15) is 0 Å². The number of hydrogen-bond donors (Lipinski definition) is 2. The van der Waals surface area contributed by atoms with Gasteiger partial charge in [0.15, 0.2) is 0 Å². The predicted molar refractivity (Wildman–Crippen MR) is 114 cm³/mol. The minimum absolute atomic E-state index is 0.0336. The molecule has 0 aliphatic carbocycles. The van der Waals surface area contributed by atoms with E-state index in [2.05, 4.69) is 18.8 Å². The first-order chi connectivity index (χ1) is 12.9. The first kappa shape index (κ1) is 23.7. The van der Waals surface area contributed by atoms with Crippen molar-refractivity contribution in [2.75, 3.05) is 32.9 Å². The van der Waals surface area contributed by atoms with Crippen LogP contribution in [0.1, 0.15) is 19.8 Å². The van der Waals surface area contributed by atoms with Crippen LogP contribution in [0, 0.1) is 0 Å². The molecule has 0 saturated carbocycles. The van der Waals surface area contributed by atoms with Crippen molar-refractivity contribution in [3.8, 4) is 0 Å². The number of aliphatic hydroxyl groups is 1. The molecule has 6 nitrogen and oxygen atoms in total. The topological polar surface area (TPSA) is 72.9 Å². The van der Waals surface area contributed by atoms with Crippen molar-refractivity contribution in [3.05, 3.63) is 54.1 Å². The summed E-state index contributed by atoms with van der Waals surface area (Å²) < 4.78 is 27.4. The van der Waals surface area contributed by atoms with Gasteiger partial charge in [0, 0.05) is 25.8 Å². The zero-order chi connectivity index (χ0) is 20.3. The van der Waals surface area contributed by atoms with Gasteiger partial charge in [-0.3, -0.25) is 0 Å². The Bertz CT molecular complexity index is 693. The monoisotopic (exact) mass is 413 g/mol. The molecule has 0 heterocycles. The maximum Gasteiger partial charge on any atom is 0.256 e. The molecule has 0 spiro atoms. The maximum atomic E-state index is 13.1. The molecular formula is C19H31N3O3S2. The lowest BCUT2D eigenvalue weighted by Crippen LogP contribution is -2.49. The minimum atomic E-state index is -3.75. The van der Waals surface area contributed by atoms with Gasteiger partial charge in [-0.25, -0.2) is 13.4 Å². The molecule has 0 aliphatic heterocycles. The SMILES string of the molecule is C=C/C(=C\SC)NCC(O)CN(N(C)CCCC)S(=O)(=O)c1ccccc1. The Balaban J connectivity index is 2.95. The summed E-state index contributed by atoms with van der Waals surface area (Å²) in [5.74, 6) is 0. The molecule has 1 atom stereocenters. The highest BCUT2D eigenvalue weighted by Crippen LogP contribution is 2.18. The quantitative estimate of drug-likeness (QED) is 0.383. The van der Waals surface area contributed by atoms with E-state index in [0.717, 1.165) is 18.5 Å². The Morgan fingerprint density at radius 2 is 2.04 bits per heavy atom. The number of sulfonamides is 1. The number of benzene rings is 1. The van der Waals surface area contributed by atoms with Crippen LogP contribution in [0.15, 0.2) is 59.0 Å². The summed E-state index contributed by atoms with van der Waals surface area (Å²) in [6, 6.07) is 8.30. The summed E-state index contributed by atoms with van der Waals surface area (Å²) in [5, 5.41) is 17.1. The van der Waals surface area contributed by atoms with Gasteiger partial charge in [-0.15, -0.1) is 16.2 Å². The Hall–Kier alpha value is -1.32. The number of nitrogens with zero attached hydrogens (tertiary/aromatic N) is 2. The molecule has 27 heavy (non-hydrogen) atoms. The highest BCUT2D eigenvalue weighted by Gasteiger charge is 2.29. The number of thioether (sulfide) groups is 1. The number of rotatable bonds is 13. The molecule has 2 N–H and O–H groups in total. The van der Waals surface area contributed by atoms with Crippen LogP contribution in [0.5, 0.6) is 0 Å². The normalized spacial score (nSPS) is 13.8. The molecule has 0 bridgehead atoms. The fourth-order valence-electron chi connectivity index (χ4n) is 2.40. The van der Waals surface area contributed by atoms with Crippen LogP contribution in [-0.4, -0.2) is 62.0 Å². The third kappa shape index (κ3) is 7.67. The van der Waals surface area contributed by atoms with Crippen molar-refractivity contribution >= 4 is 21.8 Å². The molecule has 152 valence electrons. The maximum absolute atomic E-state index is 13.1. The molecule has 1 aromatic carbocycles. The molecule has 0 aliphatic rings. The van der Waals surface area contributed by atoms with Crippen LogP contribution in [0.4, 0.5) is 0 Å². The lowest BCUT2D eigenvalue weighted by atomic mass is 10.3. The molecule has 1 unspecified atom stereocenters. The van der Waals surface area contributed by atoms with Crippen molar-refractivity contribution < 1.29 is 13.5 Å². The number of hydrogen-bond acceptors (Lipinski definition) is 6. The third-order valence-corrected chi connectivity index (χ3v) is 6.25. The van der Waals surface area contributed by atoms with E-state index >= 15 is 0 Å². The van der Waals surface area contributed by atoms with E-state index in [4.69, 9.17) is 0 Å². The van der Waals surface area contributed by atoms with Crippen molar-refractivity contribution in [2.45, 2.75) is 30.8 Å². The first-order valence-electron chi connectivity index (χ1n) is 8.93. The van der Waals surface area contributed by atoms with E-state index < -0.39 is 16.1 Å². The van der Waals surface area contributed by atoms with Gasteiger partial charge in [-0.2, -0.15) is 0 Å². The number of unbranched alkanes of at least 4 members (excludes halogenated alkanes) is 1. The van der Waals surface area contributed by atoms with Crippen LogP contribution < -0.4 is 5.32 Å². The van der Waals surface area contributed by atoms with E-state index in [9.17, 15) is 13.5 Å². The second kappa shape index (κ2) is 12.2. The zero-order valence-corrected chi connectivity index (χ0v) is 18.0. The van der Waals surface area contributed by atoms with Crippen molar-refractivity contribution in [1.82, 2.24) is 14.7 Å². The van der Waals surface area contributed by atoms with Crippen LogP contribution in [0.3, 0.4) is 0 Å². The van der Waals surface area contributed by atoms with E-state index in [0.29, 0.717) is 6.54 Å². The van der Waals surface area contributed by atoms with E-state index in [1.807, 2.05) is 11.7 Å². The second-order valence-corrected chi connectivity index (χ2v) is 8.66. The Morgan fingerprint density at radius 3 is 2.59 bits per heavy atom. The van der Waals surface area contributed by atoms with E-state index in [1.165, 1.54) is 16.2 Å².